The number of carboxylic acids is 1. The fraction of sp³-hybridized carbons (Fsp3) is 0.615. The van der Waals surface area contributed by atoms with E-state index in [1.165, 1.54) is 4.90 Å². The summed E-state index contributed by atoms with van der Waals surface area (Å²) in [5.74, 6) is -0.937. The second-order valence-electron chi connectivity index (χ2n) is 4.98. The lowest BCUT2D eigenvalue weighted by Gasteiger charge is -2.21. The maximum Gasteiger partial charge on any atom is 0.326 e. The molecule has 1 aliphatic heterocycles. The number of amides is 2. The Labute approximate surface area is 117 Å². The summed E-state index contributed by atoms with van der Waals surface area (Å²) < 4.78 is 1.72. The molecule has 0 saturated carbocycles. The summed E-state index contributed by atoms with van der Waals surface area (Å²) in [4.78, 5) is 24.5. The van der Waals surface area contributed by atoms with Crippen LogP contribution in [-0.4, -0.2) is 44.4 Å². The number of likely N-dealkylation sites (tertiary alicyclic amines) is 1. The molecular weight excluding hydrogens is 260 g/mol. The molecule has 2 amide bonds. The first-order chi connectivity index (χ1) is 9.52. The fourth-order valence-corrected chi connectivity index (χ4v) is 2.57. The summed E-state index contributed by atoms with van der Waals surface area (Å²) in [6.07, 6.45) is 3.93. The van der Waals surface area contributed by atoms with E-state index >= 15 is 0 Å². The normalized spacial score (nSPS) is 18.3. The molecule has 7 nitrogen and oxygen atoms in total. The van der Waals surface area contributed by atoms with Crippen LogP contribution in [0.4, 0.5) is 4.79 Å². The van der Waals surface area contributed by atoms with Crippen molar-refractivity contribution in [3.63, 3.8) is 0 Å². The number of aliphatic carboxylic acids is 1. The summed E-state index contributed by atoms with van der Waals surface area (Å²) in [5, 5.41) is 16.2. The molecule has 1 aromatic rings. The molecule has 0 bridgehead atoms. The lowest BCUT2D eigenvalue weighted by Crippen LogP contribution is -2.45. The van der Waals surface area contributed by atoms with Crippen LogP contribution >= 0.6 is 0 Å². The number of hydrogen-bond acceptors (Lipinski definition) is 3. The van der Waals surface area contributed by atoms with Crippen LogP contribution in [-0.2, 0) is 24.8 Å². The topological polar surface area (TPSA) is 87.5 Å². The first-order valence-corrected chi connectivity index (χ1v) is 6.81. The predicted octanol–water partition coefficient (Wildman–Crippen LogP) is 0.741. The highest BCUT2D eigenvalue weighted by atomic mass is 16.4. The van der Waals surface area contributed by atoms with Gasteiger partial charge in [-0.1, -0.05) is 6.92 Å². The van der Waals surface area contributed by atoms with Crippen LogP contribution in [0, 0.1) is 0 Å². The van der Waals surface area contributed by atoms with Gasteiger partial charge in [0.15, 0.2) is 0 Å². The van der Waals surface area contributed by atoms with Gasteiger partial charge in [-0.05, 0) is 19.3 Å². The highest BCUT2D eigenvalue weighted by Gasteiger charge is 2.33. The van der Waals surface area contributed by atoms with E-state index in [0.29, 0.717) is 19.5 Å². The number of aryl methyl sites for hydroxylation is 2. The molecule has 7 heteroatoms. The number of hydrogen-bond donors (Lipinski definition) is 2. The van der Waals surface area contributed by atoms with Crippen molar-refractivity contribution in [1.29, 1.82) is 0 Å². The zero-order chi connectivity index (χ0) is 14.7. The zero-order valence-corrected chi connectivity index (χ0v) is 11.8. The third-order valence-electron chi connectivity index (χ3n) is 3.56. The van der Waals surface area contributed by atoms with E-state index < -0.39 is 12.0 Å². The summed E-state index contributed by atoms with van der Waals surface area (Å²) in [6.45, 7) is 2.88. The zero-order valence-electron chi connectivity index (χ0n) is 11.8. The van der Waals surface area contributed by atoms with Crippen molar-refractivity contribution < 1.29 is 14.7 Å². The van der Waals surface area contributed by atoms with Crippen molar-refractivity contribution in [3.05, 3.63) is 17.5 Å². The minimum absolute atomic E-state index is 0.319. The van der Waals surface area contributed by atoms with Gasteiger partial charge in [0, 0.05) is 31.9 Å². The highest BCUT2D eigenvalue weighted by Crippen LogP contribution is 2.17. The van der Waals surface area contributed by atoms with Crippen LogP contribution in [0.25, 0.3) is 0 Å². The smallest absolute Gasteiger partial charge is 0.326 e. The molecule has 0 aliphatic carbocycles. The maximum absolute atomic E-state index is 12.1. The number of carbonyl (C=O) groups excluding carboxylic acids is 1. The average molecular weight is 280 g/mol. The molecule has 0 aromatic carbocycles. The van der Waals surface area contributed by atoms with Gasteiger partial charge in [0.25, 0.3) is 0 Å². The minimum atomic E-state index is -0.937. The number of nitrogens with zero attached hydrogens (tertiary/aromatic N) is 3. The largest absolute Gasteiger partial charge is 0.480 e. The van der Waals surface area contributed by atoms with Crippen molar-refractivity contribution in [2.45, 2.75) is 38.8 Å². The van der Waals surface area contributed by atoms with E-state index in [2.05, 4.69) is 10.4 Å². The SMILES string of the molecule is CCc1nn(C)cc1CNC(=O)N1CCC[C@H]1C(=O)O. The molecule has 0 spiro atoms. The second kappa shape index (κ2) is 5.94. The van der Waals surface area contributed by atoms with Crippen molar-refractivity contribution in [3.8, 4) is 0 Å². The van der Waals surface area contributed by atoms with Crippen molar-refractivity contribution >= 4 is 12.0 Å². The first kappa shape index (κ1) is 14.4. The molecule has 110 valence electrons. The summed E-state index contributed by atoms with van der Waals surface area (Å²) in [6, 6.07) is -1.02. The number of nitrogens with one attached hydrogen (secondary N) is 1. The first-order valence-electron chi connectivity index (χ1n) is 6.81. The Balaban J connectivity index is 1.96. The number of carbonyl (C=O) groups is 2. The van der Waals surface area contributed by atoms with Gasteiger partial charge in [-0.3, -0.25) is 4.68 Å². The van der Waals surface area contributed by atoms with Gasteiger partial charge < -0.3 is 15.3 Å². The summed E-state index contributed by atoms with van der Waals surface area (Å²) >= 11 is 0. The molecule has 1 saturated heterocycles. The Morgan fingerprint density at radius 3 is 2.95 bits per heavy atom. The molecule has 20 heavy (non-hydrogen) atoms. The summed E-state index contributed by atoms with van der Waals surface area (Å²) in [5.41, 5.74) is 1.92. The number of rotatable bonds is 4. The number of carboxylic acid groups (broad SMARTS) is 1. The van der Waals surface area contributed by atoms with Crippen molar-refractivity contribution in [2.24, 2.45) is 7.05 Å². The third-order valence-corrected chi connectivity index (χ3v) is 3.56. The lowest BCUT2D eigenvalue weighted by molar-refractivity contribution is -0.141. The van der Waals surface area contributed by atoms with E-state index in [0.717, 1.165) is 24.1 Å². The molecule has 2 N–H and O–H groups in total. The fourth-order valence-electron chi connectivity index (χ4n) is 2.57. The summed E-state index contributed by atoms with van der Waals surface area (Å²) in [7, 11) is 1.84. The Morgan fingerprint density at radius 1 is 1.55 bits per heavy atom. The molecule has 0 unspecified atom stereocenters. The van der Waals surface area contributed by atoms with E-state index in [9.17, 15) is 9.59 Å². The number of aromatic nitrogens is 2. The molecule has 2 heterocycles. The van der Waals surface area contributed by atoms with Gasteiger partial charge in [0.1, 0.15) is 6.04 Å². The van der Waals surface area contributed by atoms with E-state index in [1.54, 1.807) is 4.68 Å². The standard InChI is InChI=1S/C13H20N4O3/c1-3-10-9(8-16(2)15-10)7-14-13(20)17-6-4-5-11(17)12(18)19/h8,11H,3-7H2,1-2H3,(H,14,20)(H,18,19)/t11-/m0/s1. The van der Waals surface area contributed by atoms with Crippen LogP contribution < -0.4 is 5.32 Å². The molecule has 1 aromatic heterocycles. The molecular formula is C13H20N4O3. The van der Waals surface area contributed by atoms with Gasteiger partial charge in [0.2, 0.25) is 0 Å². The highest BCUT2D eigenvalue weighted by molar-refractivity contribution is 5.83. The molecule has 1 aliphatic rings. The third kappa shape index (κ3) is 2.92. The van der Waals surface area contributed by atoms with E-state index in [1.807, 2.05) is 20.2 Å². The van der Waals surface area contributed by atoms with Crippen molar-refractivity contribution in [1.82, 2.24) is 20.0 Å². The van der Waals surface area contributed by atoms with Gasteiger partial charge in [-0.15, -0.1) is 0 Å². The second-order valence-corrected chi connectivity index (χ2v) is 4.98. The van der Waals surface area contributed by atoms with Crippen LogP contribution in [0.3, 0.4) is 0 Å². The van der Waals surface area contributed by atoms with Gasteiger partial charge in [0.05, 0.1) is 5.69 Å². The van der Waals surface area contributed by atoms with Crippen LogP contribution in [0.15, 0.2) is 6.20 Å². The van der Waals surface area contributed by atoms with Crippen LogP contribution in [0.2, 0.25) is 0 Å². The van der Waals surface area contributed by atoms with Crippen LogP contribution in [0.5, 0.6) is 0 Å². The maximum atomic E-state index is 12.1. The molecule has 0 radical (unpaired) electrons. The molecule has 2 rings (SSSR count). The van der Waals surface area contributed by atoms with Crippen LogP contribution in [0.1, 0.15) is 31.0 Å². The van der Waals surface area contributed by atoms with E-state index in [4.69, 9.17) is 5.11 Å². The quantitative estimate of drug-likeness (QED) is 0.851. The molecule has 1 atom stereocenters. The van der Waals surface area contributed by atoms with Gasteiger partial charge >= 0.3 is 12.0 Å². The minimum Gasteiger partial charge on any atom is -0.480 e. The average Bonchev–Trinajstić information content (AvgIpc) is 3.01. The van der Waals surface area contributed by atoms with E-state index in [-0.39, 0.29) is 6.03 Å². The Bertz CT molecular complexity index is 512. The Hall–Kier alpha value is -2.05. The number of urea groups is 1. The van der Waals surface area contributed by atoms with Crippen molar-refractivity contribution in [2.75, 3.05) is 6.54 Å². The Morgan fingerprint density at radius 2 is 2.30 bits per heavy atom. The molecule has 1 fully saturated rings. The van der Waals surface area contributed by atoms with Gasteiger partial charge in [-0.25, -0.2) is 9.59 Å². The van der Waals surface area contributed by atoms with Gasteiger partial charge in [-0.2, -0.15) is 5.10 Å². The predicted molar refractivity (Wildman–Crippen MR) is 72.2 cm³/mol. The monoisotopic (exact) mass is 280 g/mol. The Kier molecular flexibility index (Phi) is 4.26. The lowest BCUT2D eigenvalue weighted by atomic mass is 10.2.